The molecule has 0 saturated heterocycles. The number of esters is 1. The molecule has 10 heteroatoms. The fourth-order valence-electron chi connectivity index (χ4n) is 2.21. The molecule has 0 aliphatic heterocycles. The van der Waals surface area contributed by atoms with Crippen molar-refractivity contribution in [1.29, 1.82) is 0 Å². The molecule has 0 spiro atoms. The Balaban J connectivity index is 1.96. The smallest absolute Gasteiger partial charge is 0.416 e. The number of halogens is 3. The number of nitrogens with zero attached hydrogens (tertiary/aromatic N) is 1. The first-order valence-electron chi connectivity index (χ1n) is 8.64. The van der Waals surface area contributed by atoms with E-state index in [1.807, 2.05) is 0 Å². The predicted molar refractivity (Wildman–Crippen MR) is 106 cm³/mol. The summed E-state index contributed by atoms with van der Waals surface area (Å²) in [4.78, 5) is 38.0. The first-order valence-corrected chi connectivity index (χ1v) is 9.62. The Hall–Kier alpha value is -3.01. The zero-order chi connectivity index (χ0) is 22.3. The quantitative estimate of drug-likeness (QED) is 0.525. The van der Waals surface area contributed by atoms with Crippen LogP contribution in [0.1, 0.15) is 15.9 Å². The number of carbonyl (C=O) groups is 3. The number of benzene rings is 2. The summed E-state index contributed by atoms with van der Waals surface area (Å²) in [6.45, 7) is -0.676. The van der Waals surface area contributed by atoms with Gasteiger partial charge in [-0.3, -0.25) is 9.59 Å². The molecule has 6 nitrogen and oxygen atoms in total. The molecule has 0 atom stereocenters. The van der Waals surface area contributed by atoms with Crippen LogP contribution in [-0.2, 0) is 20.5 Å². The molecule has 1 N–H and O–H groups in total. The zero-order valence-corrected chi connectivity index (χ0v) is 17.0. The minimum atomic E-state index is -4.54. The van der Waals surface area contributed by atoms with Gasteiger partial charge in [0.25, 0.3) is 5.91 Å². The maximum atomic E-state index is 12.7. The molecule has 0 aliphatic carbocycles. The predicted octanol–water partition coefficient (Wildman–Crippen LogP) is 3.68. The molecular weight excluding hydrogens is 421 g/mol. The fraction of sp³-hybridized carbons (Fsp3) is 0.250. The van der Waals surface area contributed by atoms with Crippen molar-refractivity contribution in [3.8, 4) is 0 Å². The van der Waals surface area contributed by atoms with Crippen LogP contribution in [0.4, 0.5) is 18.9 Å². The second kappa shape index (κ2) is 10.1. The van der Waals surface area contributed by atoms with E-state index in [4.69, 9.17) is 4.74 Å². The molecule has 0 heterocycles. The normalized spacial score (nSPS) is 11.0. The summed E-state index contributed by atoms with van der Waals surface area (Å²) in [5, 5.41) is 2.26. The molecule has 2 rings (SSSR count). The summed E-state index contributed by atoms with van der Waals surface area (Å²) >= 11 is 1.15. The number of hydrogen-bond acceptors (Lipinski definition) is 5. The van der Waals surface area contributed by atoms with Crippen LogP contribution in [0.3, 0.4) is 0 Å². The van der Waals surface area contributed by atoms with Crippen molar-refractivity contribution in [1.82, 2.24) is 4.90 Å². The van der Waals surface area contributed by atoms with Crippen LogP contribution in [0.5, 0.6) is 0 Å². The van der Waals surface area contributed by atoms with Crippen molar-refractivity contribution in [3.63, 3.8) is 0 Å². The first-order chi connectivity index (χ1) is 14.1. The number of ether oxygens (including phenoxy) is 1. The summed E-state index contributed by atoms with van der Waals surface area (Å²) in [7, 11) is 3.23. The van der Waals surface area contributed by atoms with Gasteiger partial charge < -0.3 is 15.0 Å². The average Bonchev–Trinajstić information content (AvgIpc) is 2.70. The van der Waals surface area contributed by atoms with Crippen LogP contribution in [0.2, 0.25) is 0 Å². The summed E-state index contributed by atoms with van der Waals surface area (Å²) in [5.74, 6) is -1.58. The van der Waals surface area contributed by atoms with E-state index in [9.17, 15) is 27.6 Å². The molecule has 0 aromatic heterocycles. The van der Waals surface area contributed by atoms with E-state index in [2.05, 4.69) is 5.32 Å². The minimum absolute atomic E-state index is 0.0657. The molecule has 0 fully saturated rings. The highest BCUT2D eigenvalue weighted by Gasteiger charge is 2.30. The lowest BCUT2D eigenvalue weighted by Gasteiger charge is -2.12. The Morgan fingerprint density at radius 1 is 1.07 bits per heavy atom. The molecule has 0 radical (unpaired) electrons. The van der Waals surface area contributed by atoms with Crippen molar-refractivity contribution < 1.29 is 32.3 Å². The van der Waals surface area contributed by atoms with Gasteiger partial charge in [0.05, 0.1) is 16.9 Å². The lowest BCUT2D eigenvalue weighted by Crippen LogP contribution is -2.23. The molecule has 0 aliphatic rings. The molecular formula is C20H19F3N2O4S. The van der Waals surface area contributed by atoms with Gasteiger partial charge in [0.15, 0.2) is 6.61 Å². The summed E-state index contributed by atoms with van der Waals surface area (Å²) in [6, 6.07) is 10.6. The molecule has 0 bridgehead atoms. The van der Waals surface area contributed by atoms with Crippen LogP contribution in [0, 0.1) is 0 Å². The highest BCUT2D eigenvalue weighted by molar-refractivity contribution is 8.00. The van der Waals surface area contributed by atoms with Crippen LogP contribution in [-0.4, -0.2) is 49.1 Å². The third-order valence-corrected chi connectivity index (χ3v) is 4.82. The number of anilines is 1. The molecule has 30 heavy (non-hydrogen) atoms. The molecule has 160 valence electrons. The Kier molecular flexibility index (Phi) is 7.87. The maximum Gasteiger partial charge on any atom is 0.416 e. The second-order valence-corrected chi connectivity index (χ2v) is 7.29. The topological polar surface area (TPSA) is 75.7 Å². The highest BCUT2D eigenvalue weighted by atomic mass is 32.2. The lowest BCUT2D eigenvalue weighted by molar-refractivity contribution is -0.137. The summed E-state index contributed by atoms with van der Waals surface area (Å²) < 4.78 is 43.2. The third kappa shape index (κ3) is 6.80. The van der Waals surface area contributed by atoms with Crippen molar-refractivity contribution in [2.75, 3.05) is 31.8 Å². The van der Waals surface area contributed by atoms with E-state index in [0.717, 1.165) is 30.0 Å². The van der Waals surface area contributed by atoms with Gasteiger partial charge in [-0.1, -0.05) is 18.2 Å². The van der Waals surface area contributed by atoms with Gasteiger partial charge >= 0.3 is 12.1 Å². The van der Waals surface area contributed by atoms with Crippen molar-refractivity contribution in [3.05, 3.63) is 59.7 Å². The Labute approximate surface area is 175 Å². The zero-order valence-electron chi connectivity index (χ0n) is 16.2. The first kappa shape index (κ1) is 23.3. The summed E-state index contributed by atoms with van der Waals surface area (Å²) in [5.41, 5.74) is -0.791. The fourth-order valence-corrected chi connectivity index (χ4v) is 3.23. The lowest BCUT2D eigenvalue weighted by atomic mass is 10.2. The van der Waals surface area contributed by atoms with Crippen LogP contribution >= 0.6 is 11.8 Å². The van der Waals surface area contributed by atoms with E-state index in [0.29, 0.717) is 4.90 Å². The van der Waals surface area contributed by atoms with Crippen molar-refractivity contribution in [2.45, 2.75) is 11.1 Å². The second-order valence-electron chi connectivity index (χ2n) is 6.28. The maximum absolute atomic E-state index is 12.7. The Morgan fingerprint density at radius 2 is 1.77 bits per heavy atom. The van der Waals surface area contributed by atoms with Crippen LogP contribution in [0.25, 0.3) is 0 Å². The van der Waals surface area contributed by atoms with Crippen molar-refractivity contribution >= 4 is 35.2 Å². The number of alkyl halides is 3. The van der Waals surface area contributed by atoms with E-state index in [-0.39, 0.29) is 22.9 Å². The van der Waals surface area contributed by atoms with E-state index in [1.165, 1.54) is 17.0 Å². The van der Waals surface area contributed by atoms with Gasteiger partial charge in [-0.05, 0) is 30.3 Å². The van der Waals surface area contributed by atoms with Gasteiger partial charge in [-0.2, -0.15) is 13.2 Å². The number of hydrogen-bond donors (Lipinski definition) is 1. The Bertz CT molecular complexity index is 932. The van der Waals surface area contributed by atoms with Gasteiger partial charge in [0, 0.05) is 24.7 Å². The van der Waals surface area contributed by atoms with E-state index < -0.39 is 30.2 Å². The number of carbonyl (C=O) groups excluding carboxylic acids is 3. The molecule has 0 saturated carbocycles. The molecule has 2 amide bonds. The molecule has 2 aromatic carbocycles. The Morgan fingerprint density at radius 3 is 2.43 bits per heavy atom. The summed E-state index contributed by atoms with van der Waals surface area (Å²) in [6.07, 6.45) is -4.54. The third-order valence-electron chi connectivity index (χ3n) is 3.76. The van der Waals surface area contributed by atoms with Gasteiger partial charge in [-0.25, -0.2) is 4.79 Å². The number of rotatable bonds is 7. The standard InChI is InChI=1S/C20H19F3N2O4S/c1-25(2)18(27)12-30-16-9-4-3-8-15(16)19(28)29-11-17(26)24-14-7-5-6-13(10-14)20(21,22)23/h3-10H,11-12H2,1-2H3,(H,24,26). The monoisotopic (exact) mass is 440 g/mol. The molecule has 2 aromatic rings. The number of thioether (sulfide) groups is 1. The van der Waals surface area contributed by atoms with E-state index >= 15 is 0 Å². The van der Waals surface area contributed by atoms with Crippen LogP contribution < -0.4 is 5.32 Å². The van der Waals surface area contributed by atoms with E-state index in [1.54, 1.807) is 32.3 Å². The van der Waals surface area contributed by atoms with Crippen LogP contribution in [0.15, 0.2) is 53.4 Å². The van der Waals surface area contributed by atoms with Gasteiger partial charge in [-0.15, -0.1) is 11.8 Å². The number of amides is 2. The largest absolute Gasteiger partial charge is 0.452 e. The van der Waals surface area contributed by atoms with Gasteiger partial charge in [0.1, 0.15) is 0 Å². The van der Waals surface area contributed by atoms with Crippen molar-refractivity contribution in [2.24, 2.45) is 0 Å². The average molecular weight is 440 g/mol. The SMILES string of the molecule is CN(C)C(=O)CSc1ccccc1C(=O)OCC(=O)Nc1cccc(C(F)(F)F)c1. The number of nitrogens with one attached hydrogen (secondary N) is 1. The minimum Gasteiger partial charge on any atom is -0.452 e. The highest BCUT2D eigenvalue weighted by Crippen LogP contribution is 2.30. The van der Waals surface area contributed by atoms with Gasteiger partial charge in [0.2, 0.25) is 5.91 Å². The molecule has 0 unspecified atom stereocenters.